The quantitative estimate of drug-likeness (QED) is 0.692. The standard InChI is InChI=1S/C19H20N2O3/c1-13(14(2)22)21-18-10-5-4-9-17(18)20-19(21)12-24-16-8-6-7-15(11-16)23-3/h4-11,13H,12H2,1-3H3. The largest absolute Gasteiger partial charge is 0.497 e. The molecule has 1 atom stereocenters. The molecule has 2 aromatic carbocycles. The van der Waals surface area contributed by atoms with E-state index in [1.807, 2.05) is 60.0 Å². The lowest BCUT2D eigenvalue weighted by Crippen LogP contribution is -2.17. The fourth-order valence-corrected chi connectivity index (χ4v) is 2.65. The molecule has 124 valence electrons. The van der Waals surface area contributed by atoms with Gasteiger partial charge in [0.15, 0.2) is 5.78 Å². The zero-order valence-electron chi connectivity index (χ0n) is 14.0. The van der Waals surface area contributed by atoms with Crippen LogP contribution in [0, 0.1) is 0 Å². The van der Waals surface area contributed by atoms with Gasteiger partial charge in [-0.15, -0.1) is 0 Å². The maximum absolute atomic E-state index is 11.9. The Bertz CT molecular complexity index is 870. The Balaban J connectivity index is 1.93. The van der Waals surface area contributed by atoms with Crippen LogP contribution in [0.25, 0.3) is 11.0 Å². The Hall–Kier alpha value is -2.82. The lowest BCUT2D eigenvalue weighted by molar-refractivity contribution is -0.119. The first kappa shape index (κ1) is 16.1. The number of imidazole rings is 1. The third-order valence-corrected chi connectivity index (χ3v) is 4.05. The number of hydrogen-bond donors (Lipinski definition) is 0. The lowest BCUT2D eigenvalue weighted by Gasteiger charge is -2.15. The Labute approximate surface area is 140 Å². The summed E-state index contributed by atoms with van der Waals surface area (Å²) in [5, 5.41) is 0. The average Bonchev–Trinajstić information content (AvgIpc) is 2.97. The van der Waals surface area contributed by atoms with Crippen molar-refractivity contribution in [3.63, 3.8) is 0 Å². The first-order chi connectivity index (χ1) is 11.6. The van der Waals surface area contributed by atoms with E-state index < -0.39 is 0 Å². The van der Waals surface area contributed by atoms with Crippen molar-refractivity contribution in [1.29, 1.82) is 0 Å². The SMILES string of the molecule is COc1cccc(OCc2nc3ccccc3n2C(C)C(C)=O)c1. The van der Waals surface area contributed by atoms with Crippen molar-refractivity contribution in [2.75, 3.05) is 7.11 Å². The average molecular weight is 324 g/mol. The van der Waals surface area contributed by atoms with Crippen molar-refractivity contribution < 1.29 is 14.3 Å². The monoisotopic (exact) mass is 324 g/mol. The molecule has 0 aliphatic heterocycles. The van der Waals surface area contributed by atoms with Gasteiger partial charge >= 0.3 is 0 Å². The van der Waals surface area contributed by atoms with Crippen molar-refractivity contribution in [3.8, 4) is 11.5 Å². The predicted molar refractivity (Wildman–Crippen MR) is 92.5 cm³/mol. The minimum Gasteiger partial charge on any atom is -0.497 e. The number of carbonyl (C=O) groups excluding carboxylic acids is 1. The number of benzene rings is 2. The first-order valence-corrected chi connectivity index (χ1v) is 7.83. The van der Waals surface area contributed by atoms with Crippen LogP contribution in [0.1, 0.15) is 25.7 Å². The molecule has 0 fully saturated rings. The third-order valence-electron chi connectivity index (χ3n) is 4.05. The Morgan fingerprint density at radius 2 is 1.92 bits per heavy atom. The van der Waals surface area contributed by atoms with Gasteiger partial charge in [0, 0.05) is 6.07 Å². The minimum atomic E-state index is -0.290. The number of ether oxygens (including phenoxy) is 2. The van der Waals surface area contributed by atoms with E-state index in [2.05, 4.69) is 4.98 Å². The van der Waals surface area contributed by atoms with E-state index in [4.69, 9.17) is 9.47 Å². The summed E-state index contributed by atoms with van der Waals surface area (Å²) >= 11 is 0. The number of ketones is 1. The molecule has 1 unspecified atom stereocenters. The number of para-hydroxylation sites is 2. The van der Waals surface area contributed by atoms with Gasteiger partial charge in [-0.25, -0.2) is 4.98 Å². The number of fused-ring (bicyclic) bond motifs is 1. The van der Waals surface area contributed by atoms with Crippen LogP contribution in [0.3, 0.4) is 0 Å². The van der Waals surface area contributed by atoms with Crippen LogP contribution in [0.15, 0.2) is 48.5 Å². The minimum absolute atomic E-state index is 0.0841. The summed E-state index contributed by atoms with van der Waals surface area (Å²) in [6.45, 7) is 3.75. The van der Waals surface area contributed by atoms with Crippen molar-refractivity contribution in [2.24, 2.45) is 0 Å². The first-order valence-electron chi connectivity index (χ1n) is 7.83. The Morgan fingerprint density at radius 1 is 1.17 bits per heavy atom. The maximum atomic E-state index is 11.9. The van der Waals surface area contributed by atoms with Crippen LogP contribution < -0.4 is 9.47 Å². The molecule has 0 spiro atoms. The van der Waals surface area contributed by atoms with Gasteiger partial charge in [-0.3, -0.25) is 4.79 Å². The summed E-state index contributed by atoms with van der Waals surface area (Å²) in [4.78, 5) is 16.5. The number of nitrogens with zero attached hydrogens (tertiary/aromatic N) is 2. The molecule has 5 heteroatoms. The molecule has 24 heavy (non-hydrogen) atoms. The van der Waals surface area contributed by atoms with Gasteiger partial charge in [0.2, 0.25) is 0 Å². The number of rotatable bonds is 6. The molecule has 0 saturated carbocycles. The lowest BCUT2D eigenvalue weighted by atomic mass is 10.2. The molecule has 5 nitrogen and oxygen atoms in total. The van der Waals surface area contributed by atoms with E-state index in [1.54, 1.807) is 14.0 Å². The molecule has 3 rings (SSSR count). The fraction of sp³-hybridized carbons (Fsp3) is 0.263. The van der Waals surface area contributed by atoms with Crippen LogP contribution in [-0.2, 0) is 11.4 Å². The molecule has 0 aliphatic carbocycles. The second-order valence-corrected chi connectivity index (χ2v) is 5.64. The highest BCUT2D eigenvalue weighted by atomic mass is 16.5. The van der Waals surface area contributed by atoms with Crippen LogP contribution in [0.2, 0.25) is 0 Å². The summed E-state index contributed by atoms with van der Waals surface area (Å²) in [6.07, 6.45) is 0. The van der Waals surface area contributed by atoms with E-state index in [0.29, 0.717) is 5.75 Å². The van der Waals surface area contributed by atoms with Crippen LogP contribution >= 0.6 is 0 Å². The molecule has 0 aliphatic rings. The molecular weight excluding hydrogens is 304 g/mol. The molecule has 3 aromatic rings. The Kier molecular flexibility index (Phi) is 4.51. The van der Waals surface area contributed by atoms with Crippen molar-refractivity contribution in [2.45, 2.75) is 26.5 Å². The molecular formula is C19H20N2O3. The van der Waals surface area contributed by atoms with Gasteiger partial charge in [0.25, 0.3) is 0 Å². The zero-order valence-corrected chi connectivity index (χ0v) is 14.0. The van der Waals surface area contributed by atoms with Crippen molar-refractivity contribution in [3.05, 3.63) is 54.4 Å². The second kappa shape index (κ2) is 6.74. The summed E-state index contributed by atoms with van der Waals surface area (Å²) in [6, 6.07) is 14.9. The molecule has 1 heterocycles. The van der Waals surface area contributed by atoms with Crippen LogP contribution in [-0.4, -0.2) is 22.4 Å². The number of Topliss-reactive ketones (excluding diaryl/α,β-unsaturated/α-hetero) is 1. The van der Waals surface area contributed by atoms with Crippen LogP contribution in [0.4, 0.5) is 0 Å². The van der Waals surface area contributed by atoms with E-state index in [1.165, 1.54) is 0 Å². The highest BCUT2D eigenvalue weighted by Crippen LogP contribution is 2.24. The molecule has 0 radical (unpaired) electrons. The van der Waals surface area contributed by atoms with Gasteiger partial charge < -0.3 is 14.0 Å². The fourth-order valence-electron chi connectivity index (χ4n) is 2.65. The van der Waals surface area contributed by atoms with E-state index in [0.717, 1.165) is 22.6 Å². The number of methoxy groups -OCH3 is 1. The third kappa shape index (κ3) is 3.11. The summed E-state index contributed by atoms with van der Waals surface area (Å²) in [5.74, 6) is 2.24. The van der Waals surface area contributed by atoms with Crippen molar-refractivity contribution >= 4 is 16.8 Å². The van der Waals surface area contributed by atoms with E-state index in [9.17, 15) is 4.79 Å². The zero-order chi connectivity index (χ0) is 17.1. The summed E-state index contributed by atoms with van der Waals surface area (Å²) < 4.78 is 13.0. The maximum Gasteiger partial charge on any atom is 0.152 e. The van der Waals surface area contributed by atoms with E-state index in [-0.39, 0.29) is 18.4 Å². The molecule has 0 bridgehead atoms. The second-order valence-electron chi connectivity index (χ2n) is 5.64. The van der Waals surface area contributed by atoms with E-state index >= 15 is 0 Å². The number of carbonyl (C=O) groups is 1. The normalized spacial score (nSPS) is 12.1. The predicted octanol–water partition coefficient (Wildman–Crippen LogP) is 3.77. The van der Waals surface area contributed by atoms with Gasteiger partial charge in [-0.2, -0.15) is 0 Å². The molecule has 0 saturated heterocycles. The van der Waals surface area contributed by atoms with Crippen molar-refractivity contribution in [1.82, 2.24) is 9.55 Å². The van der Waals surface area contributed by atoms with Crippen LogP contribution in [0.5, 0.6) is 11.5 Å². The molecule has 0 amide bonds. The highest BCUT2D eigenvalue weighted by molar-refractivity contribution is 5.83. The number of aromatic nitrogens is 2. The topological polar surface area (TPSA) is 53.4 Å². The molecule has 0 N–H and O–H groups in total. The van der Waals surface area contributed by atoms with Gasteiger partial charge in [0.05, 0.1) is 24.2 Å². The number of hydrogen-bond acceptors (Lipinski definition) is 4. The summed E-state index contributed by atoms with van der Waals surface area (Å²) in [5.41, 5.74) is 1.79. The Morgan fingerprint density at radius 3 is 2.67 bits per heavy atom. The molecule has 1 aromatic heterocycles. The highest BCUT2D eigenvalue weighted by Gasteiger charge is 2.19. The van der Waals surface area contributed by atoms with Gasteiger partial charge in [-0.1, -0.05) is 18.2 Å². The van der Waals surface area contributed by atoms with Gasteiger partial charge in [0.1, 0.15) is 23.9 Å². The van der Waals surface area contributed by atoms with Gasteiger partial charge in [-0.05, 0) is 38.1 Å². The summed E-state index contributed by atoms with van der Waals surface area (Å²) in [7, 11) is 1.62. The smallest absolute Gasteiger partial charge is 0.152 e.